The normalized spacial score (nSPS) is 12.0. The number of carbonyl (C=O) groups is 2. The maximum atomic E-state index is 13.8. The highest BCUT2D eigenvalue weighted by atomic mass is 35.5. The summed E-state index contributed by atoms with van der Waals surface area (Å²) >= 11 is 5.98. The van der Waals surface area contributed by atoms with Crippen molar-refractivity contribution in [3.63, 3.8) is 0 Å². The zero-order valence-electron chi connectivity index (χ0n) is 21.2. The first-order chi connectivity index (χ1) is 17.6. The van der Waals surface area contributed by atoms with Gasteiger partial charge in [0, 0.05) is 18.1 Å². The van der Waals surface area contributed by atoms with Crippen LogP contribution in [0.25, 0.3) is 0 Å². The standard InChI is InChI=1S/C28H32ClN3O4S/c1-4-18-30-28(34)22(3)31(19-23-11-6-5-7-12-23)27(33)20-32(26-13-9-8-10-21(26)2)37(35,36)25-16-14-24(29)15-17-25/h5-17,22H,4,18-20H2,1-3H3,(H,30,34)/t22-/m1/s1. The Kier molecular flexibility index (Phi) is 9.72. The Labute approximate surface area is 224 Å². The number of nitrogens with zero attached hydrogens (tertiary/aromatic N) is 2. The molecule has 3 aromatic carbocycles. The van der Waals surface area contributed by atoms with Crippen molar-refractivity contribution in [3.05, 3.63) is 95.0 Å². The number of halogens is 1. The molecule has 3 aromatic rings. The highest BCUT2D eigenvalue weighted by molar-refractivity contribution is 7.92. The second-order valence-electron chi connectivity index (χ2n) is 8.73. The quantitative estimate of drug-likeness (QED) is 0.378. The van der Waals surface area contributed by atoms with Crippen LogP contribution < -0.4 is 9.62 Å². The minimum Gasteiger partial charge on any atom is -0.354 e. The summed E-state index contributed by atoms with van der Waals surface area (Å²) in [6.45, 7) is 5.54. The number of nitrogens with one attached hydrogen (secondary N) is 1. The van der Waals surface area contributed by atoms with Crippen molar-refractivity contribution in [2.45, 2.75) is 44.7 Å². The lowest BCUT2D eigenvalue weighted by Crippen LogP contribution is -2.51. The topological polar surface area (TPSA) is 86.8 Å². The van der Waals surface area contributed by atoms with E-state index in [1.54, 1.807) is 38.1 Å². The summed E-state index contributed by atoms with van der Waals surface area (Å²) in [4.78, 5) is 28.1. The van der Waals surface area contributed by atoms with E-state index in [9.17, 15) is 18.0 Å². The van der Waals surface area contributed by atoms with Gasteiger partial charge >= 0.3 is 0 Å². The molecule has 9 heteroatoms. The van der Waals surface area contributed by atoms with Crippen LogP contribution in [0.1, 0.15) is 31.4 Å². The molecule has 0 bridgehead atoms. The molecule has 0 aliphatic rings. The smallest absolute Gasteiger partial charge is 0.264 e. The SMILES string of the molecule is CCCNC(=O)[C@@H](C)N(Cc1ccccc1)C(=O)CN(c1ccccc1C)S(=O)(=O)c1ccc(Cl)cc1. The van der Waals surface area contributed by atoms with Gasteiger partial charge in [-0.05, 0) is 61.7 Å². The highest BCUT2D eigenvalue weighted by Gasteiger charge is 2.33. The Hall–Kier alpha value is -3.36. The van der Waals surface area contributed by atoms with E-state index < -0.39 is 28.5 Å². The molecule has 0 saturated carbocycles. The Morgan fingerprint density at radius 1 is 0.946 bits per heavy atom. The minimum absolute atomic E-state index is 0.0105. The van der Waals surface area contributed by atoms with Crippen LogP contribution in [0.3, 0.4) is 0 Å². The van der Waals surface area contributed by atoms with Crippen molar-refractivity contribution >= 4 is 39.1 Å². The van der Waals surface area contributed by atoms with Crippen LogP contribution in [0, 0.1) is 6.92 Å². The van der Waals surface area contributed by atoms with Crippen molar-refractivity contribution in [1.82, 2.24) is 10.2 Å². The Morgan fingerprint density at radius 2 is 1.57 bits per heavy atom. The van der Waals surface area contributed by atoms with Gasteiger partial charge in [0.2, 0.25) is 11.8 Å². The average Bonchev–Trinajstić information content (AvgIpc) is 2.89. The van der Waals surface area contributed by atoms with Crippen molar-refractivity contribution < 1.29 is 18.0 Å². The zero-order valence-corrected chi connectivity index (χ0v) is 22.8. The molecule has 196 valence electrons. The van der Waals surface area contributed by atoms with Gasteiger partial charge in [-0.1, -0.05) is 67.1 Å². The van der Waals surface area contributed by atoms with Crippen molar-refractivity contribution in [3.8, 4) is 0 Å². The van der Waals surface area contributed by atoms with Gasteiger partial charge in [0.25, 0.3) is 10.0 Å². The number of hydrogen-bond acceptors (Lipinski definition) is 4. The van der Waals surface area contributed by atoms with Gasteiger partial charge in [-0.2, -0.15) is 0 Å². The van der Waals surface area contributed by atoms with Crippen LogP contribution in [0.4, 0.5) is 5.69 Å². The van der Waals surface area contributed by atoms with E-state index in [2.05, 4.69) is 5.32 Å². The molecule has 2 amide bonds. The number of para-hydroxylation sites is 1. The van der Waals surface area contributed by atoms with Gasteiger partial charge < -0.3 is 10.2 Å². The molecule has 0 fully saturated rings. The predicted octanol–water partition coefficient (Wildman–Crippen LogP) is 4.79. The summed E-state index contributed by atoms with van der Waals surface area (Å²) in [7, 11) is -4.13. The summed E-state index contributed by atoms with van der Waals surface area (Å²) in [6, 6.07) is 21.3. The molecule has 3 rings (SSSR count). The number of rotatable bonds is 11. The van der Waals surface area contributed by atoms with E-state index >= 15 is 0 Å². The second-order valence-corrected chi connectivity index (χ2v) is 11.0. The van der Waals surface area contributed by atoms with Gasteiger partial charge in [0.1, 0.15) is 12.6 Å². The van der Waals surface area contributed by atoms with Crippen LogP contribution in [-0.4, -0.2) is 44.3 Å². The first-order valence-corrected chi connectivity index (χ1v) is 13.9. The lowest BCUT2D eigenvalue weighted by molar-refractivity contribution is -0.139. The summed E-state index contributed by atoms with van der Waals surface area (Å²) in [5, 5.41) is 3.23. The fourth-order valence-electron chi connectivity index (χ4n) is 3.85. The molecular formula is C28H32ClN3O4S. The Balaban J connectivity index is 2.02. The van der Waals surface area contributed by atoms with Crippen LogP contribution in [0.15, 0.2) is 83.8 Å². The van der Waals surface area contributed by atoms with Crippen molar-refractivity contribution in [1.29, 1.82) is 0 Å². The number of amides is 2. The minimum atomic E-state index is -4.13. The number of sulfonamides is 1. The third-order valence-corrected chi connectivity index (χ3v) is 8.00. The molecule has 1 N–H and O–H groups in total. The number of benzene rings is 3. The predicted molar refractivity (Wildman–Crippen MR) is 147 cm³/mol. The molecule has 0 aliphatic carbocycles. The highest BCUT2D eigenvalue weighted by Crippen LogP contribution is 2.28. The molecule has 1 atom stereocenters. The monoisotopic (exact) mass is 541 g/mol. The third-order valence-electron chi connectivity index (χ3n) is 5.98. The van der Waals surface area contributed by atoms with E-state index in [4.69, 9.17) is 11.6 Å². The summed E-state index contributed by atoms with van der Waals surface area (Å²) < 4.78 is 28.7. The average molecular weight is 542 g/mol. The third kappa shape index (κ3) is 7.11. The molecule has 37 heavy (non-hydrogen) atoms. The molecule has 0 aliphatic heterocycles. The molecule has 0 saturated heterocycles. The summed E-state index contributed by atoms with van der Waals surface area (Å²) in [5.74, 6) is -0.794. The molecule has 7 nitrogen and oxygen atoms in total. The Morgan fingerprint density at radius 3 is 2.19 bits per heavy atom. The number of hydrogen-bond donors (Lipinski definition) is 1. The number of anilines is 1. The molecule has 0 heterocycles. The fraction of sp³-hybridized carbons (Fsp3) is 0.286. The van der Waals surface area contributed by atoms with E-state index in [1.807, 2.05) is 37.3 Å². The van der Waals surface area contributed by atoms with Crippen molar-refractivity contribution in [2.75, 3.05) is 17.4 Å². The van der Waals surface area contributed by atoms with Gasteiger partial charge in [0.15, 0.2) is 0 Å². The molecule has 0 unspecified atom stereocenters. The van der Waals surface area contributed by atoms with E-state index in [1.165, 1.54) is 29.2 Å². The van der Waals surface area contributed by atoms with Gasteiger partial charge in [0.05, 0.1) is 10.6 Å². The molecule has 0 radical (unpaired) electrons. The van der Waals surface area contributed by atoms with Crippen LogP contribution in [0.2, 0.25) is 5.02 Å². The molecule has 0 spiro atoms. The van der Waals surface area contributed by atoms with Crippen LogP contribution in [-0.2, 0) is 26.2 Å². The van der Waals surface area contributed by atoms with Gasteiger partial charge in [-0.3, -0.25) is 13.9 Å². The summed E-state index contributed by atoms with van der Waals surface area (Å²) in [6.07, 6.45) is 0.755. The molecular weight excluding hydrogens is 510 g/mol. The zero-order chi connectivity index (χ0) is 27.0. The van der Waals surface area contributed by atoms with Gasteiger partial charge in [-0.25, -0.2) is 8.42 Å². The van der Waals surface area contributed by atoms with Crippen LogP contribution in [0.5, 0.6) is 0 Å². The summed E-state index contributed by atoms with van der Waals surface area (Å²) in [5.41, 5.74) is 1.90. The lowest BCUT2D eigenvalue weighted by atomic mass is 10.1. The first kappa shape index (κ1) is 28.2. The van der Waals surface area contributed by atoms with E-state index in [0.29, 0.717) is 22.8 Å². The number of carbonyl (C=O) groups excluding carboxylic acids is 2. The van der Waals surface area contributed by atoms with Crippen LogP contribution >= 0.6 is 11.6 Å². The first-order valence-electron chi connectivity index (χ1n) is 12.1. The lowest BCUT2D eigenvalue weighted by Gasteiger charge is -2.32. The van der Waals surface area contributed by atoms with E-state index in [-0.39, 0.29) is 17.3 Å². The van der Waals surface area contributed by atoms with Gasteiger partial charge in [-0.15, -0.1) is 0 Å². The maximum Gasteiger partial charge on any atom is 0.264 e. The van der Waals surface area contributed by atoms with E-state index in [0.717, 1.165) is 16.3 Å². The Bertz CT molecular complexity index is 1310. The van der Waals surface area contributed by atoms with Crippen molar-refractivity contribution in [2.24, 2.45) is 0 Å². The fourth-order valence-corrected chi connectivity index (χ4v) is 5.45. The molecule has 0 aromatic heterocycles. The largest absolute Gasteiger partial charge is 0.354 e. The second kappa shape index (κ2) is 12.7. The maximum absolute atomic E-state index is 13.8. The number of aryl methyl sites for hydroxylation is 1.